The van der Waals surface area contributed by atoms with Gasteiger partial charge in [0.25, 0.3) is 8.32 Å². The van der Waals surface area contributed by atoms with Crippen molar-refractivity contribution in [2.24, 2.45) is 0 Å². The van der Waals surface area contributed by atoms with E-state index in [2.05, 4.69) is 54.6 Å². The molecule has 0 N–H and O–H groups in total. The molecule has 2 rings (SSSR count). The number of rotatable bonds is 3. The van der Waals surface area contributed by atoms with Crippen molar-refractivity contribution in [2.45, 2.75) is 85.0 Å². The summed E-state index contributed by atoms with van der Waals surface area (Å²) in [6, 6.07) is 0. The molecule has 1 unspecified atom stereocenters. The van der Waals surface area contributed by atoms with Gasteiger partial charge < -0.3 is 13.9 Å². The average Bonchev–Trinajstić information content (AvgIpc) is 2.54. The van der Waals surface area contributed by atoms with E-state index in [0.717, 1.165) is 40.2 Å². The molecule has 1 aromatic rings. The zero-order chi connectivity index (χ0) is 20.1. The fourth-order valence-corrected chi connectivity index (χ4v) is 4.28. The topological polar surface area (TPSA) is 44.8 Å². The highest BCUT2D eigenvalue weighted by molar-refractivity contribution is 6.74. The van der Waals surface area contributed by atoms with Crippen molar-refractivity contribution < 1.29 is 18.7 Å². The molecule has 1 aromatic carbocycles. The highest BCUT2D eigenvalue weighted by Crippen LogP contribution is 2.46. The molecule has 4 nitrogen and oxygen atoms in total. The molecule has 1 aliphatic heterocycles. The van der Waals surface area contributed by atoms with Crippen LogP contribution < -0.4 is 9.16 Å². The Bertz CT molecular complexity index is 731. The van der Waals surface area contributed by atoms with E-state index in [9.17, 15) is 4.79 Å². The van der Waals surface area contributed by atoms with Gasteiger partial charge in [0.05, 0.1) is 7.11 Å². The quantitative estimate of drug-likeness (QED) is 0.532. The number of carbonyl (C=O) groups is 1. The van der Waals surface area contributed by atoms with Gasteiger partial charge in [-0.1, -0.05) is 20.8 Å². The molecule has 26 heavy (non-hydrogen) atoms. The largest absolute Gasteiger partial charge is 0.543 e. The van der Waals surface area contributed by atoms with E-state index in [4.69, 9.17) is 13.9 Å². The summed E-state index contributed by atoms with van der Waals surface area (Å²) in [7, 11) is -0.535. The molecular weight excluding hydrogens is 344 g/mol. The molecule has 146 valence electrons. The van der Waals surface area contributed by atoms with E-state index in [0.29, 0.717) is 6.42 Å². The van der Waals surface area contributed by atoms with Crippen LogP contribution in [0.1, 0.15) is 56.4 Å². The lowest BCUT2D eigenvalue weighted by atomic mass is 9.87. The molecule has 1 atom stereocenters. The molecule has 1 heterocycles. The van der Waals surface area contributed by atoms with E-state index < -0.39 is 13.9 Å². The monoisotopic (exact) mass is 378 g/mol. The Morgan fingerprint density at radius 1 is 1.12 bits per heavy atom. The highest BCUT2D eigenvalue weighted by Gasteiger charge is 2.43. The van der Waals surface area contributed by atoms with Gasteiger partial charge in [-0.15, -0.1) is 0 Å². The van der Waals surface area contributed by atoms with Gasteiger partial charge in [0.15, 0.2) is 0 Å². The number of hydrogen-bond acceptors (Lipinski definition) is 4. The molecule has 1 aliphatic rings. The van der Waals surface area contributed by atoms with Gasteiger partial charge in [-0.05, 0) is 68.9 Å². The highest BCUT2D eigenvalue weighted by atomic mass is 28.4. The summed E-state index contributed by atoms with van der Waals surface area (Å²) in [5.74, 6) is 1.50. The van der Waals surface area contributed by atoms with Crippen LogP contribution in [-0.2, 0) is 16.0 Å². The van der Waals surface area contributed by atoms with Crippen LogP contribution in [0.2, 0.25) is 18.1 Å². The molecule has 5 heteroatoms. The Balaban J connectivity index is 2.53. The summed E-state index contributed by atoms with van der Waals surface area (Å²) in [5, 5.41) is 0.135. The Morgan fingerprint density at radius 3 is 2.19 bits per heavy atom. The van der Waals surface area contributed by atoms with E-state index in [1.54, 1.807) is 0 Å². The molecule has 0 aromatic heterocycles. The maximum Gasteiger partial charge on any atom is 0.349 e. The molecular formula is C21H34O4Si. The first-order valence-corrected chi connectivity index (χ1v) is 12.2. The van der Waals surface area contributed by atoms with E-state index in [-0.39, 0.29) is 11.0 Å². The van der Waals surface area contributed by atoms with Gasteiger partial charge >= 0.3 is 5.97 Å². The fraction of sp³-hybridized carbons (Fsp3) is 0.667. The predicted molar refractivity (Wildman–Crippen MR) is 108 cm³/mol. The van der Waals surface area contributed by atoms with Crippen LogP contribution in [-0.4, -0.2) is 27.0 Å². The summed E-state index contributed by atoms with van der Waals surface area (Å²) < 4.78 is 17.8. The van der Waals surface area contributed by atoms with Crippen molar-refractivity contribution in [1.29, 1.82) is 0 Å². The number of fused-ring (bicyclic) bond motifs is 1. The minimum Gasteiger partial charge on any atom is -0.543 e. The number of carbonyl (C=O) groups excluding carboxylic acids is 1. The van der Waals surface area contributed by atoms with Crippen LogP contribution in [0.3, 0.4) is 0 Å². The predicted octanol–water partition coefficient (Wildman–Crippen LogP) is 5.25. The first-order chi connectivity index (χ1) is 11.7. The van der Waals surface area contributed by atoms with Crippen molar-refractivity contribution in [3.8, 4) is 11.5 Å². The maximum atomic E-state index is 12.2. The number of esters is 1. The zero-order valence-corrected chi connectivity index (χ0v) is 19.0. The summed E-state index contributed by atoms with van der Waals surface area (Å²) >= 11 is 0. The lowest BCUT2D eigenvalue weighted by Gasteiger charge is -2.40. The van der Waals surface area contributed by atoms with Crippen LogP contribution in [0, 0.1) is 20.8 Å². The van der Waals surface area contributed by atoms with Crippen LogP contribution in [0.4, 0.5) is 0 Å². The standard InChI is InChI=1S/C21H34O4Si/c1-13-14(2)18-16(11-12-21(7,24-18)19(22)23-8)15(3)17(13)25-26(9,10)20(4,5)6/h11-12H2,1-10H3. The van der Waals surface area contributed by atoms with Crippen molar-refractivity contribution >= 4 is 14.3 Å². The number of benzene rings is 1. The first-order valence-electron chi connectivity index (χ1n) is 9.34. The third-order valence-electron chi connectivity index (χ3n) is 6.27. The third kappa shape index (κ3) is 3.38. The number of ether oxygens (including phenoxy) is 2. The first kappa shape index (κ1) is 20.8. The van der Waals surface area contributed by atoms with Gasteiger partial charge in [-0.3, -0.25) is 0 Å². The number of hydrogen-bond donors (Lipinski definition) is 0. The molecule has 0 amide bonds. The van der Waals surface area contributed by atoms with Crippen LogP contribution in [0.25, 0.3) is 0 Å². The molecule has 0 spiro atoms. The van der Waals surface area contributed by atoms with Gasteiger partial charge in [0, 0.05) is 12.0 Å². The minimum absolute atomic E-state index is 0.135. The maximum absolute atomic E-state index is 12.2. The summed E-state index contributed by atoms with van der Waals surface area (Å²) in [6.45, 7) is 19.3. The molecule has 0 saturated heterocycles. The Kier molecular flexibility index (Phi) is 5.28. The van der Waals surface area contributed by atoms with Crippen molar-refractivity contribution in [1.82, 2.24) is 0 Å². The van der Waals surface area contributed by atoms with Crippen molar-refractivity contribution in [3.63, 3.8) is 0 Å². The molecule has 0 fully saturated rings. The lowest BCUT2D eigenvalue weighted by molar-refractivity contribution is -0.159. The molecule has 0 radical (unpaired) electrons. The molecule has 0 bridgehead atoms. The molecule has 0 aliphatic carbocycles. The fourth-order valence-electron chi connectivity index (χ4n) is 3.16. The van der Waals surface area contributed by atoms with Crippen LogP contribution in [0.5, 0.6) is 11.5 Å². The van der Waals surface area contributed by atoms with Gasteiger partial charge in [-0.25, -0.2) is 4.79 Å². The number of methoxy groups -OCH3 is 1. The van der Waals surface area contributed by atoms with Gasteiger partial charge in [-0.2, -0.15) is 0 Å². The van der Waals surface area contributed by atoms with E-state index in [1.807, 2.05) is 6.92 Å². The second kappa shape index (κ2) is 6.59. The molecule has 0 saturated carbocycles. The normalized spacial score (nSPS) is 20.2. The van der Waals surface area contributed by atoms with Crippen molar-refractivity contribution in [2.75, 3.05) is 7.11 Å². The zero-order valence-electron chi connectivity index (χ0n) is 18.0. The average molecular weight is 379 g/mol. The Labute approximate surface area is 159 Å². The SMILES string of the molecule is COC(=O)C1(C)CCc2c(C)c(O[Si](C)(C)C(C)(C)C)c(C)c(C)c2O1. The van der Waals surface area contributed by atoms with Gasteiger partial charge in [0.2, 0.25) is 5.60 Å². The van der Waals surface area contributed by atoms with Crippen LogP contribution in [0.15, 0.2) is 0 Å². The van der Waals surface area contributed by atoms with Crippen LogP contribution >= 0.6 is 0 Å². The smallest absolute Gasteiger partial charge is 0.349 e. The Hall–Kier alpha value is -1.49. The Morgan fingerprint density at radius 2 is 1.69 bits per heavy atom. The lowest BCUT2D eigenvalue weighted by Crippen LogP contribution is -2.46. The van der Waals surface area contributed by atoms with E-state index in [1.165, 1.54) is 7.11 Å². The second-order valence-corrected chi connectivity index (χ2v) is 13.9. The second-order valence-electron chi connectivity index (χ2n) is 9.20. The minimum atomic E-state index is -1.94. The van der Waals surface area contributed by atoms with E-state index >= 15 is 0 Å². The van der Waals surface area contributed by atoms with Crippen molar-refractivity contribution in [3.05, 3.63) is 22.3 Å². The third-order valence-corrected chi connectivity index (χ3v) is 10.6. The summed E-state index contributed by atoms with van der Waals surface area (Å²) in [6.07, 6.45) is 1.39. The summed E-state index contributed by atoms with van der Waals surface area (Å²) in [4.78, 5) is 12.2. The van der Waals surface area contributed by atoms with Gasteiger partial charge in [0.1, 0.15) is 11.5 Å². The summed E-state index contributed by atoms with van der Waals surface area (Å²) in [5.41, 5.74) is 3.52.